The van der Waals surface area contributed by atoms with Gasteiger partial charge in [-0.2, -0.15) is 0 Å². The van der Waals surface area contributed by atoms with Crippen LogP contribution in [0.4, 0.5) is 4.79 Å². The number of halogens is 1. The fourth-order valence-electron chi connectivity index (χ4n) is 2.07. The van der Waals surface area contributed by atoms with Gasteiger partial charge >= 0.3 is 12.0 Å². The Morgan fingerprint density at radius 3 is 2.54 bits per heavy atom. The molecule has 1 atom stereocenters. The number of benzene rings is 1. The number of hydrogen-bond acceptors (Lipinski definition) is 7. The van der Waals surface area contributed by atoms with Gasteiger partial charge in [0.15, 0.2) is 24.2 Å². The van der Waals surface area contributed by atoms with Crippen LogP contribution in [0.3, 0.4) is 0 Å². The Morgan fingerprint density at radius 2 is 1.96 bits per heavy atom. The number of imide groups is 1. The summed E-state index contributed by atoms with van der Waals surface area (Å²) in [5.74, 6) is -2.26. The highest BCUT2D eigenvalue weighted by Crippen LogP contribution is 2.36. The van der Waals surface area contributed by atoms with Gasteiger partial charge in [0.2, 0.25) is 0 Å². The zero-order valence-electron chi connectivity index (χ0n) is 15.2. The van der Waals surface area contributed by atoms with E-state index in [2.05, 4.69) is 10.6 Å². The summed E-state index contributed by atoms with van der Waals surface area (Å²) in [6, 6.07) is 1.94. The van der Waals surface area contributed by atoms with Gasteiger partial charge in [-0.1, -0.05) is 11.6 Å². The van der Waals surface area contributed by atoms with Gasteiger partial charge in [0, 0.05) is 6.04 Å². The molecule has 1 saturated carbocycles. The molecule has 0 radical (unpaired) electrons. The smallest absolute Gasteiger partial charge is 0.339 e. The second-order valence-corrected chi connectivity index (χ2v) is 6.44. The summed E-state index contributed by atoms with van der Waals surface area (Å²) in [7, 11) is 1.31. The van der Waals surface area contributed by atoms with Gasteiger partial charge in [-0.25, -0.2) is 9.59 Å². The second kappa shape index (κ2) is 9.27. The van der Waals surface area contributed by atoms with Gasteiger partial charge in [-0.3, -0.25) is 14.9 Å². The summed E-state index contributed by atoms with van der Waals surface area (Å²) in [6.45, 7) is 0.890. The lowest BCUT2D eigenvalue weighted by Crippen LogP contribution is -2.45. The third-order valence-electron chi connectivity index (χ3n) is 3.63. The Morgan fingerprint density at radius 1 is 1.29 bits per heavy atom. The molecule has 0 bridgehead atoms. The van der Waals surface area contributed by atoms with Gasteiger partial charge < -0.3 is 25.3 Å². The normalized spacial score (nSPS) is 13.8. The molecule has 0 aliphatic heterocycles. The van der Waals surface area contributed by atoms with Gasteiger partial charge in [-0.15, -0.1) is 0 Å². The Balaban J connectivity index is 2.01. The van der Waals surface area contributed by atoms with Crippen LogP contribution in [0.5, 0.6) is 11.5 Å². The van der Waals surface area contributed by atoms with Crippen molar-refractivity contribution in [3.05, 3.63) is 22.7 Å². The van der Waals surface area contributed by atoms with E-state index in [1.807, 2.05) is 0 Å². The van der Waals surface area contributed by atoms with E-state index in [1.165, 1.54) is 26.2 Å². The quantitative estimate of drug-likeness (QED) is 0.533. The predicted octanol–water partition coefficient (Wildman–Crippen LogP) is 0.746. The van der Waals surface area contributed by atoms with Crippen molar-refractivity contribution < 1.29 is 33.4 Å². The third kappa shape index (κ3) is 6.02. The number of esters is 1. The first-order valence-corrected chi connectivity index (χ1v) is 8.70. The maximum Gasteiger partial charge on any atom is 0.339 e. The van der Waals surface area contributed by atoms with E-state index < -0.39 is 36.5 Å². The number of urea groups is 1. The van der Waals surface area contributed by atoms with Gasteiger partial charge in [0.05, 0.1) is 17.7 Å². The fourth-order valence-corrected chi connectivity index (χ4v) is 2.33. The minimum atomic E-state index is -1.23. The van der Waals surface area contributed by atoms with E-state index in [0.29, 0.717) is 0 Å². The molecule has 0 saturated heterocycles. The zero-order chi connectivity index (χ0) is 20.8. The molecule has 1 fully saturated rings. The lowest BCUT2D eigenvalue weighted by molar-refractivity contribution is -0.128. The van der Waals surface area contributed by atoms with Crippen LogP contribution in [0, 0.1) is 0 Å². The molecule has 0 aromatic heterocycles. The van der Waals surface area contributed by atoms with Crippen LogP contribution in [-0.4, -0.2) is 49.7 Å². The molecular weight excluding hydrogens is 394 g/mol. The zero-order valence-corrected chi connectivity index (χ0v) is 16.0. The highest BCUT2D eigenvalue weighted by atomic mass is 35.5. The monoisotopic (exact) mass is 413 g/mol. The number of hydrogen-bond donors (Lipinski definition) is 3. The van der Waals surface area contributed by atoms with Crippen LogP contribution in [-0.2, 0) is 14.3 Å². The van der Waals surface area contributed by atoms with Crippen molar-refractivity contribution in [1.82, 2.24) is 10.6 Å². The minimum absolute atomic E-state index is 0.0182. The maximum absolute atomic E-state index is 12.3. The fraction of sp³-hybridized carbons (Fsp3) is 0.412. The van der Waals surface area contributed by atoms with Crippen LogP contribution in [0.2, 0.25) is 5.02 Å². The Labute approximate surface area is 165 Å². The molecule has 1 aliphatic carbocycles. The molecule has 1 aromatic rings. The summed E-state index contributed by atoms with van der Waals surface area (Å²) in [5.41, 5.74) is 5.00. The van der Waals surface area contributed by atoms with E-state index in [-0.39, 0.29) is 28.1 Å². The number of amides is 4. The number of methoxy groups -OCH3 is 1. The summed E-state index contributed by atoms with van der Waals surface area (Å²) < 4.78 is 15.3. The highest BCUT2D eigenvalue weighted by molar-refractivity contribution is 6.32. The number of primary amides is 1. The minimum Gasteiger partial charge on any atom is -0.493 e. The SMILES string of the molecule is COc1cc(C(=O)OC(C)C(=O)NC(=O)NC2CC2)cc(Cl)c1OCC(N)=O. The molecular formula is C17H20ClN3O7. The number of ether oxygens (including phenoxy) is 3. The molecule has 4 N–H and O–H groups in total. The number of carbonyl (C=O) groups excluding carboxylic acids is 4. The summed E-state index contributed by atoms with van der Waals surface area (Å²) in [4.78, 5) is 46.7. The molecule has 152 valence electrons. The van der Waals surface area contributed by atoms with Crippen molar-refractivity contribution in [1.29, 1.82) is 0 Å². The number of carbonyl (C=O) groups is 4. The van der Waals surface area contributed by atoms with Gasteiger partial charge in [0.25, 0.3) is 11.8 Å². The summed E-state index contributed by atoms with van der Waals surface area (Å²) >= 11 is 6.07. The van der Waals surface area contributed by atoms with E-state index in [1.54, 1.807) is 0 Å². The first kappa shape index (κ1) is 21.3. The molecule has 28 heavy (non-hydrogen) atoms. The van der Waals surface area contributed by atoms with Crippen LogP contribution in [0.1, 0.15) is 30.1 Å². The van der Waals surface area contributed by atoms with E-state index >= 15 is 0 Å². The molecule has 10 nitrogen and oxygen atoms in total. The Bertz CT molecular complexity index is 795. The van der Waals surface area contributed by atoms with Gasteiger partial charge in [0.1, 0.15) is 0 Å². The summed E-state index contributed by atoms with van der Waals surface area (Å²) in [5, 5.41) is 4.66. The first-order valence-electron chi connectivity index (χ1n) is 8.32. The lowest BCUT2D eigenvalue weighted by Gasteiger charge is -2.15. The van der Waals surface area contributed by atoms with Crippen molar-refractivity contribution in [2.75, 3.05) is 13.7 Å². The molecule has 11 heteroatoms. The average Bonchev–Trinajstić information content (AvgIpc) is 3.43. The topological polar surface area (TPSA) is 146 Å². The van der Waals surface area contributed by atoms with E-state index in [9.17, 15) is 19.2 Å². The van der Waals surface area contributed by atoms with Crippen molar-refractivity contribution in [3.8, 4) is 11.5 Å². The van der Waals surface area contributed by atoms with Crippen molar-refractivity contribution >= 4 is 35.4 Å². The van der Waals surface area contributed by atoms with Crippen molar-refractivity contribution in [2.45, 2.75) is 31.9 Å². The number of nitrogens with one attached hydrogen (secondary N) is 2. The predicted molar refractivity (Wildman–Crippen MR) is 97.3 cm³/mol. The molecule has 1 aromatic carbocycles. The van der Waals surface area contributed by atoms with Crippen molar-refractivity contribution in [3.63, 3.8) is 0 Å². The molecule has 0 heterocycles. The first-order chi connectivity index (χ1) is 13.2. The van der Waals surface area contributed by atoms with E-state index in [0.717, 1.165) is 12.8 Å². The standard InChI is InChI=1S/C17H20ClN3O7/c1-8(15(23)21-17(25)20-10-3-4-10)28-16(24)9-5-11(18)14(12(6-9)26-2)27-7-13(19)22/h5-6,8,10H,3-4,7H2,1-2H3,(H2,19,22)(H2,20,21,23,25). The van der Waals surface area contributed by atoms with E-state index in [4.69, 9.17) is 31.5 Å². The van der Waals surface area contributed by atoms with Crippen molar-refractivity contribution in [2.24, 2.45) is 5.73 Å². The molecule has 2 rings (SSSR count). The molecule has 1 unspecified atom stereocenters. The van der Waals surface area contributed by atoms with Gasteiger partial charge in [-0.05, 0) is 31.9 Å². The lowest BCUT2D eigenvalue weighted by atomic mass is 10.2. The highest BCUT2D eigenvalue weighted by Gasteiger charge is 2.26. The molecule has 0 spiro atoms. The van der Waals surface area contributed by atoms with Crippen LogP contribution in [0.25, 0.3) is 0 Å². The molecule has 4 amide bonds. The second-order valence-electron chi connectivity index (χ2n) is 6.03. The Hall–Kier alpha value is -3.01. The van der Waals surface area contributed by atoms with Crippen LogP contribution in [0.15, 0.2) is 12.1 Å². The molecule has 1 aliphatic rings. The average molecular weight is 414 g/mol. The number of nitrogens with two attached hydrogens (primary N) is 1. The van der Waals surface area contributed by atoms with Crippen LogP contribution < -0.4 is 25.8 Å². The summed E-state index contributed by atoms with van der Waals surface area (Å²) in [6.07, 6.45) is 0.509. The maximum atomic E-state index is 12.3. The largest absolute Gasteiger partial charge is 0.493 e. The third-order valence-corrected chi connectivity index (χ3v) is 3.91. The van der Waals surface area contributed by atoms with Crippen LogP contribution >= 0.6 is 11.6 Å². The number of rotatable bonds is 8. The Kier molecular flexibility index (Phi) is 7.05.